The summed E-state index contributed by atoms with van der Waals surface area (Å²) >= 11 is 6.16. The van der Waals surface area contributed by atoms with E-state index in [9.17, 15) is 42.3 Å². The number of imidazole rings is 1. The first kappa shape index (κ1) is 52.3. The number of anilines is 1. The Morgan fingerprint density at radius 2 is 1.49 bits per heavy atom. The fraction of sp³-hybridized carbons (Fsp3) is 0.400. The highest BCUT2D eigenvalue weighted by Gasteiger charge is 2.45. The van der Waals surface area contributed by atoms with Gasteiger partial charge in [0.25, 0.3) is 11.8 Å². The van der Waals surface area contributed by atoms with E-state index in [1.54, 1.807) is 30.3 Å². The van der Waals surface area contributed by atoms with Crippen molar-refractivity contribution in [3.8, 4) is 23.1 Å². The van der Waals surface area contributed by atoms with E-state index in [1.165, 1.54) is 16.8 Å². The number of aryl methyl sites for hydroxylation is 2. The first-order valence-electron chi connectivity index (χ1n) is 25.6. The molecule has 76 heavy (non-hydrogen) atoms. The van der Waals surface area contributed by atoms with Crippen LogP contribution in [0.3, 0.4) is 0 Å². The minimum absolute atomic E-state index is 0.00900. The Morgan fingerprint density at radius 3 is 2.21 bits per heavy atom. The average molecular weight is 1060 g/mol. The lowest BCUT2D eigenvalue weighted by Gasteiger charge is -2.39. The Morgan fingerprint density at radius 1 is 0.776 bits per heavy atom. The van der Waals surface area contributed by atoms with Crippen LogP contribution in [0.25, 0.3) is 28.2 Å². The molecule has 398 valence electrons. The van der Waals surface area contributed by atoms with Gasteiger partial charge in [-0.1, -0.05) is 48.0 Å². The molecule has 6 aromatic rings. The van der Waals surface area contributed by atoms with Crippen molar-refractivity contribution < 1.29 is 51.7 Å². The van der Waals surface area contributed by atoms with Gasteiger partial charge in [0, 0.05) is 80.7 Å². The van der Waals surface area contributed by atoms with Gasteiger partial charge in [0.1, 0.15) is 18.3 Å². The zero-order valence-corrected chi connectivity index (χ0v) is 42.4. The number of imide groups is 2. The smallest absolute Gasteiger partial charge is 0.416 e. The molecule has 0 spiro atoms. The molecule has 0 bridgehead atoms. The molecule has 0 aliphatic carbocycles. The Labute approximate surface area is 440 Å². The molecule has 3 fully saturated rings. The third-order valence-electron chi connectivity index (χ3n) is 14.8. The van der Waals surface area contributed by atoms with Crippen molar-refractivity contribution in [2.45, 2.75) is 63.6 Å². The van der Waals surface area contributed by atoms with Crippen LogP contribution >= 0.6 is 11.6 Å². The van der Waals surface area contributed by atoms with E-state index in [-0.39, 0.29) is 48.3 Å². The summed E-state index contributed by atoms with van der Waals surface area (Å²) in [5.41, 5.74) is 5.22. The number of carbonyl (C=O) groups excluding carboxylic acids is 5. The number of likely N-dealkylation sites (tertiary alicyclic amines) is 1. The molecule has 2 aromatic heterocycles. The third-order valence-corrected chi connectivity index (χ3v) is 15.0. The molecular weight excluding hydrogens is 1010 g/mol. The first-order valence-corrected chi connectivity index (χ1v) is 26.0. The number of carbonyl (C=O) groups is 5. The minimum Gasteiger partial charge on any atom is -0.493 e. The fourth-order valence-corrected chi connectivity index (χ4v) is 10.7. The maximum atomic E-state index is 13.4. The van der Waals surface area contributed by atoms with Gasteiger partial charge < -0.3 is 29.4 Å². The van der Waals surface area contributed by atoms with Gasteiger partial charge in [-0.25, -0.2) is 4.98 Å². The van der Waals surface area contributed by atoms with E-state index < -0.39 is 41.4 Å². The molecule has 1 atom stereocenters. The Bertz CT molecular complexity index is 3130. The van der Waals surface area contributed by atoms with Gasteiger partial charge in [-0.15, -0.1) is 0 Å². The summed E-state index contributed by atoms with van der Waals surface area (Å²) in [6.07, 6.45) is -0.0218. The van der Waals surface area contributed by atoms with Gasteiger partial charge in [0.2, 0.25) is 29.5 Å². The number of ether oxygens (including phenoxy) is 2. The third kappa shape index (κ3) is 11.6. The number of aromatic amines is 1. The lowest BCUT2D eigenvalue weighted by molar-refractivity contribution is -0.138. The molecular formula is C55H57ClF3N9O8. The van der Waals surface area contributed by atoms with E-state index in [0.717, 1.165) is 92.3 Å². The van der Waals surface area contributed by atoms with Crippen molar-refractivity contribution in [2.24, 2.45) is 5.92 Å². The fourth-order valence-electron chi connectivity index (χ4n) is 10.5. The van der Waals surface area contributed by atoms with Crippen molar-refractivity contribution in [3.05, 3.63) is 123 Å². The van der Waals surface area contributed by atoms with Crippen molar-refractivity contribution in [3.63, 3.8) is 0 Å². The number of piperidine rings is 2. The van der Waals surface area contributed by atoms with E-state index in [0.29, 0.717) is 84.5 Å². The number of amides is 5. The maximum absolute atomic E-state index is 13.4. The number of piperazine rings is 1. The quantitative estimate of drug-likeness (QED) is 0.0590. The highest BCUT2D eigenvalue weighted by Crippen LogP contribution is 2.37. The number of aromatic nitrogens is 4. The predicted octanol–water partition coefficient (Wildman–Crippen LogP) is 7.01. The zero-order chi connectivity index (χ0) is 53.1. The van der Waals surface area contributed by atoms with E-state index in [1.807, 2.05) is 35.2 Å². The molecule has 5 amide bonds. The number of benzene rings is 4. The number of hydrogen-bond donors (Lipinski definition) is 3. The average Bonchev–Trinajstić information content (AvgIpc) is 4.08. The summed E-state index contributed by atoms with van der Waals surface area (Å²) in [7, 11) is 0. The van der Waals surface area contributed by atoms with Crippen LogP contribution in [0.1, 0.15) is 75.1 Å². The number of fused-ring (bicyclic) bond motifs is 2. The molecule has 4 aromatic carbocycles. The summed E-state index contributed by atoms with van der Waals surface area (Å²) in [5, 5.41) is 18.8. The number of rotatable bonds is 18. The molecule has 0 saturated carbocycles. The van der Waals surface area contributed by atoms with Crippen molar-refractivity contribution in [1.82, 2.24) is 39.8 Å². The van der Waals surface area contributed by atoms with Crippen molar-refractivity contribution in [2.75, 3.05) is 77.1 Å². The number of nitrogens with zero attached hydrogens (tertiary/aromatic N) is 7. The van der Waals surface area contributed by atoms with E-state index in [4.69, 9.17) is 21.1 Å². The van der Waals surface area contributed by atoms with Crippen molar-refractivity contribution in [1.29, 1.82) is 0 Å². The van der Waals surface area contributed by atoms with Crippen LogP contribution in [-0.4, -0.2) is 147 Å². The Kier molecular flexibility index (Phi) is 15.6. The summed E-state index contributed by atoms with van der Waals surface area (Å²) in [6, 6.07) is 22.2. The SMILES string of the molecule is O=C1CCC(N2C(=O)c3ccc(N4CCN(CC5CCN(C(=O)COCCOCCCc6ccc(CCc7c(-c8ccc(C(F)(F)F)cc8)nn(-c8nc9cc(Cl)ccc9[nH]8)c7O)cc6)CC5)CC4)cc3C2=O)C(=O)N1. The lowest BCUT2D eigenvalue weighted by Crippen LogP contribution is -2.54. The molecule has 17 nitrogen and oxygen atoms in total. The second-order valence-electron chi connectivity index (χ2n) is 19.7. The van der Waals surface area contributed by atoms with E-state index >= 15 is 0 Å². The van der Waals surface area contributed by atoms with Crippen LogP contribution < -0.4 is 10.2 Å². The van der Waals surface area contributed by atoms with Crippen molar-refractivity contribution >= 4 is 57.9 Å². The van der Waals surface area contributed by atoms with Crippen LogP contribution in [0.2, 0.25) is 5.02 Å². The standard InChI is InChI=1S/C55H57ClF3N9O8/c56-39-12-16-44-45(30-39)61-54(60-44)68-53(74)42(49(63-68)37-8-10-38(11-9-37)55(57,58)59)14-7-35-5-3-34(4-6-35)2-1-27-75-28-29-76-33-48(70)66-21-19-36(20-22-66)32-64-23-25-65(26-24-64)40-13-15-41-43(31-40)52(73)67(51(41)72)46-17-18-47(69)62-50(46)71/h3-6,8-13,15-16,30-31,36,46,74H,1-2,7,14,17-29,32-33H2,(H,60,61)(H,62,69,71). The number of H-pyrrole nitrogens is 1. The summed E-state index contributed by atoms with van der Waals surface area (Å²) < 4.78 is 52.9. The highest BCUT2D eigenvalue weighted by molar-refractivity contribution is 6.31. The van der Waals surface area contributed by atoms with Crippen LogP contribution in [-0.2, 0) is 49.3 Å². The molecule has 10 rings (SSSR count). The maximum Gasteiger partial charge on any atom is 0.416 e. The van der Waals surface area contributed by atoms with Gasteiger partial charge in [-0.3, -0.25) is 39.1 Å². The zero-order valence-electron chi connectivity index (χ0n) is 41.6. The number of hydrogen-bond acceptors (Lipinski definition) is 12. The van der Waals surface area contributed by atoms with Crippen LogP contribution in [0, 0.1) is 5.92 Å². The largest absolute Gasteiger partial charge is 0.493 e. The number of halogens is 4. The van der Waals surface area contributed by atoms with Crippen LogP contribution in [0.15, 0.2) is 84.9 Å². The molecule has 4 aliphatic heterocycles. The predicted molar refractivity (Wildman–Crippen MR) is 275 cm³/mol. The molecule has 3 N–H and O–H groups in total. The van der Waals surface area contributed by atoms with Gasteiger partial charge in [-0.2, -0.15) is 23.0 Å². The minimum atomic E-state index is -4.50. The summed E-state index contributed by atoms with van der Waals surface area (Å²) in [6.45, 7) is 6.72. The van der Waals surface area contributed by atoms with Crippen LogP contribution in [0.4, 0.5) is 18.9 Å². The Hall–Kier alpha value is -7.13. The van der Waals surface area contributed by atoms with Crippen LogP contribution in [0.5, 0.6) is 5.88 Å². The van der Waals surface area contributed by atoms with E-state index in [2.05, 4.69) is 30.2 Å². The van der Waals surface area contributed by atoms with Gasteiger partial charge in [-0.05, 0) is 111 Å². The molecule has 4 aliphatic rings. The number of aromatic hydroxyl groups is 1. The summed E-state index contributed by atoms with van der Waals surface area (Å²) in [4.78, 5) is 78.7. The second-order valence-corrected chi connectivity index (χ2v) is 20.2. The molecule has 6 heterocycles. The van der Waals surface area contributed by atoms with Gasteiger partial charge in [0.15, 0.2) is 0 Å². The monoisotopic (exact) mass is 1060 g/mol. The first-order chi connectivity index (χ1) is 36.7. The molecule has 21 heteroatoms. The second kappa shape index (κ2) is 22.6. The van der Waals surface area contributed by atoms with Gasteiger partial charge in [0.05, 0.1) is 40.9 Å². The van der Waals surface area contributed by atoms with Gasteiger partial charge >= 0.3 is 6.18 Å². The normalized spacial score (nSPS) is 17.8. The molecule has 1 unspecified atom stereocenters. The molecule has 0 radical (unpaired) electrons. The number of nitrogens with one attached hydrogen (secondary N) is 2. The highest BCUT2D eigenvalue weighted by atomic mass is 35.5. The Balaban J connectivity index is 0.606. The summed E-state index contributed by atoms with van der Waals surface area (Å²) in [5.74, 6) is -1.55. The topological polar surface area (TPSA) is 196 Å². The molecule has 3 saturated heterocycles. The lowest BCUT2D eigenvalue weighted by atomic mass is 9.96. The number of alkyl halides is 3.